The van der Waals surface area contributed by atoms with Gasteiger partial charge in [0.2, 0.25) is 0 Å². The van der Waals surface area contributed by atoms with Gasteiger partial charge < -0.3 is 19.4 Å². The molecule has 0 fully saturated rings. The average molecular weight is 434 g/mol. The van der Waals surface area contributed by atoms with Crippen LogP contribution in [-0.4, -0.2) is 42.4 Å². The summed E-state index contributed by atoms with van der Waals surface area (Å²) in [6.45, 7) is 0.693. The molecule has 2 amide bonds. The number of carbonyl (C=O) groups is 3. The Bertz CT molecular complexity index is 988. The summed E-state index contributed by atoms with van der Waals surface area (Å²) in [7, 11) is 0. The Morgan fingerprint density at radius 1 is 0.875 bits per heavy atom. The first-order valence-corrected chi connectivity index (χ1v) is 10.4. The number of ether oxygens (including phenoxy) is 1. The zero-order valence-electron chi connectivity index (χ0n) is 17.7. The molecule has 0 saturated carbocycles. The Hall–Kier alpha value is -3.87. The van der Waals surface area contributed by atoms with E-state index < -0.39 is 11.9 Å². The van der Waals surface area contributed by atoms with Crippen molar-refractivity contribution in [1.29, 1.82) is 0 Å². The van der Waals surface area contributed by atoms with Crippen molar-refractivity contribution < 1.29 is 23.5 Å². The second-order valence-corrected chi connectivity index (χ2v) is 7.18. The molecule has 0 saturated heterocycles. The third-order valence-corrected chi connectivity index (χ3v) is 4.80. The molecule has 0 spiro atoms. The van der Waals surface area contributed by atoms with Crippen LogP contribution >= 0.6 is 0 Å². The number of hydrogen-bond donors (Lipinski definition) is 1. The van der Waals surface area contributed by atoms with Crippen molar-refractivity contribution in [3.8, 4) is 0 Å². The summed E-state index contributed by atoms with van der Waals surface area (Å²) in [5.74, 6) is -1.06. The summed E-state index contributed by atoms with van der Waals surface area (Å²) >= 11 is 0. The SMILES string of the molecule is O=C(CCNC(=O)c1ccco1)OCC(=O)N(CCc1ccccc1)Cc1ccccc1. The molecular weight excluding hydrogens is 408 g/mol. The monoisotopic (exact) mass is 434 g/mol. The number of amides is 2. The van der Waals surface area contributed by atoms with Crippen LogP contribution in [-0.2, 0) is 27.3 Å². The fraction of sp³-hybridized carbons (Fsp3) is 0.240. The molecule has 0 unspecified atom stereocenters. The first-order chi connectivity index (χ1) is 15.6. The molecule has 166 valence electrons. The predicted octanol–water partition coefficient (Wildman–Crippen LogP) is 3.21. The van der Waals surface area contributed by atoms with Crippen LogP contribution in [0.5, 0.6) is 0 Å². The first kappa shape index (κ1) is 22.8. The molecule has 0 atom stereocenters. The smallest absolute Gasteiger partial charge is 0.308 e. The van der Waals surface area contributed by atoms with E-state index >= 15 is 0 Å². The van der Waals surface area contributed by atoms with Crippen LogP contribution in [0.25, 0.3) is 0 Å². The summed E-state index contributed by atoms with van der Waals surface area (Å²) in [4.78, 5) is 38.3. The minimum Gasteiger partial charge on any atom is -0.459 e. The van der Waals surface area contributed by atoms with Gasteiger partial charge in [0.1, 0.15) is 0 Å². The molecule has 0 aliphatic carbocycles. The molecule has 7 nitrogen and oxygen atoms in total. The van der Waals surface area contributed by atoms with Crippen LogP contribution in [0.3, 0.4) is 0 Å². The normalized spacial score (nSPS) is 10.4. The van der Waals surface area contributed by atoms with Crippen LogP contribution in [0.15, 0.2) is 83.5 Å². The Morgan fingerprint density at radius 3 is 2.22 bits per heavy atom. The zero-order valence-corrected chi connectivity index (χ0v) is 17.7. The summed E-state index contributed by atoms with van der Waals surface area (Å²) in [5.41, 5.74) is 2.13. The molecule has 1 heterocycles. The maximum atomic E-state index is 12.8. The van der Waals surface area contributed by atoms with Crippen molar-refractivity contribution >= 4 is 17.8 Å². The van der Waals surface area contributed by atoms with Crippen molar-refractivity contribution in [2.75, 3.05) is 19.7 Å². The fourth-order valence-corrected chi connectivity index (χ4v) is 3.08. The van der Waals surface area contributed by atoms with Gasteiger partial charge in [0.25, 0.3) is 11.8 Å². The van der Waals surface area contributed by atoms with Gasteiger partial charge in [-0.1, -0.05) is 60.7 Å². The van der Waals surface area contributed by atoms with E-state index in [0.29, 0.717) is 19.5 Å². The van der Waals surface area contributed by atoms with Crippen LogP contribution in [0.1, 0.15) is 28.1 Å². The number of benzene rings is 2. The van der Waals surface area contributed by atoms with E-state index in [4.69, 9.17) is 9.15 Å². The summed E-state index contributed by atoms with van der Waals surface area (Å²) in [5, 5.41) is 2.57. The molecular formula is C25H26N2O5. The maximum Gasteiger partial charge on any atom is 0.308 e. The lowest BCUT2D eigenvalue weighted by Crippen LogP contribution is -2.36. The van der Waals surface area contributed by atoms with Gasteiger partial charge in [-0.2, -0.15) is 0 Å². The molecule has 0 aliphatic rings. The van der Waals surface area contributed by atoms with Crippen molar-refractivity contribution in [3.63, 3.8) is 0 Å². The van der Waals surface area contributed by atoms with Crippen molar-refractivity contribution in [1.82, 2.24) is 10.2 Å². The van der Waals surface area contributed by atoms with Gasteiger partial charge >= 0.3 is 5.97 Å². The standard InChI is InChI=1S/C25H26N2O5/c28-23(19-32-24(29)13-15-26-25(30)22-12-7-17-31-22)27(18-21-10-5-2-6-11-21)16-14-20-8-3-1-4-9-20/h1-12,17H,13-16,18-19H2,(H,26,30). The highest BCUT2D eigenvalue weighted by atomic mass is 16.5. The van der Waals surface area contributed by atoms with Gasteiger partial charge in [-0.05, 0) is 29.7 Å². The van der Waals surface area contributed by atoms with Crippen molar-refractivity contribution in [2.24, 2.45) is 0 Å². The number of carbonyl (C=O) groups excluding carboxylic acids is 3. The van der Waals surface area contributed by atoms with Gasteiger partial charge in [-0.15, -0.1) is 0 Å². The zero-order chi connectivity index (χ0) is 22.6. The number of furan rings is 1. The molecule has 3 rings (SSSR count). The molecule has 1 N–H and O–H groups in total. The molecule has 0 aliphatic heterocycles. The summed E-state index contributed by atoms with van der Waals surface area (Å²) < 4.78 is 10.1. The number of esters is 1. The predicted molar refractivity (Wildman–Crippen MR) is 119 cm³/mol. The largest absolute Gasteiger partial charge is 0.459 e. The van der Waals surface area contributed by atoms with Crippen LogP contribution < -0.4 is 5.32 Å². The lowest BCUT2D eigenvalue weighted by Gasteiger charge is -2.23. The number of nitrogens with zero attached hydrogens (tertiary/aromatic N) is 1. The summed E-state index contributed by atoms with van der Waals surface area (Å²) in [6.07, 6.45) is 2.06. The molecule has 3 aromatic rings. The topological polar surface area (TPSA) is 88.9 Å². The second kappa shape index (κ2) is 12.1. The van der Waals surface area contributed by atoms with Gasteiger partial charge in [0.05, 0.1) is 12.7 Å². The van der Waals surface area contributed by atoms with E-state index in [-0.39, 0.29) is 31.2 Å². The van der Waals surface area contributed by atoms with Gasteiger partial charge in [-0.3, -0.25) is 14.4 Å². The average Bonchev–Trinajstić information content (AvgIpc) is 3.37. The number of hydrogen-bond acceptors (Lipinski definition) is 5. The van der Waals surface area contributed by atoms with E-state index in [0.717, 1.165) is 11.1 Å². The minimum atomic E-state index is -0.555. The quantitative estimate of drug-likeness (QED) is 0.468. The molecule has 7 heteroatoms. The fourth-order valence-electron chi connectivity index (χ4n) is 3.08. The molecule has 1 aromatic heterocycles. The highest BCUT2D eigenvalue weighted by molar-refractivity contribution is 5.91. The lowest BCUT2D eigenvalue weighted by molar-refractivity contribution is -0.152. The van der Waals surface area contributed by atoms with E-state index in [2.05, 4.69) is 5.32 Å². The van der Waals surface area contributed by atoms with E-state index in [1.54, 1.807) is 11.0 Å². The molecule has 0 bridgehead atoms. The third kappa shape index (κ3) is 7.43. The van der Waals surface area contributed by atoms with Crippen LogP contribution in [0.2, 0.25) is 0 Å². The lowest BCUT2D eigenvalue weighted by atomic mass is 10.1. The van der Waals surface area contributed by atoms with Gasteiger partial charge in [0, 0.05) is 19.6 Å². The van der Waals surface area contributed by atoms with Crippen LogP contribution in [0.4, 0.5) is 0 Å². The Labute approximate surface area is 187 Å². The van der Waals surface area contributed by atoms with E-state index in [9.17, 15) is 14.4 Å². The Balaban J connectivity index is 1.47. The third-order valence-electron chi connectivity index (χ3n) is 4.80. The van der Waals surface area contributed by atoms with Crippen molar-refractivity contribution in [2.45, 2.75) is 19.4 Å². The van der Waals surface area contributed by atoms with E-state index in [1.807, 2.05) is 60.7 Å². The highest BCUT2D eigenvalue weighted by Crippen LogP contribution is 2.08. The highest BCUT2D eigenvalue weighted by Gasteiger charge is 2.17. The minimum absolute atomic E-state index is 0.0393. The van der Waals surface area contributed by atoms with E-state index in [1.165, 1.54) is 12.3 Å². The van der Waals surface area contributed by atoms with Gasteiger partial charge in [-0.25, -0.2) is 0 Å². The Morgan fingerprint density at radius 2 is 1.56 bits per heavy atom. The molecule has 32 heavy (non-hydrogen) atoms. The number of rotatable bonds is 11. The first-order valence-electron chi connectivity index (χ1n) is 10.4. The Kier molecular flexibility index (Phi) is 8.62. The molecule has 2 aromatic carbocycles. The van der Waals surface area contributed by atoms with Crippen molar-refractivity contribution in [3.05, 3.63) is 95.9 Å². The number of nitrogens with one attached hydrogen (secondary N) is 1. The maximum absolute atomic E-state index is 12.8. The van der Waals surface area contributed by atoms with Crippen LogP contribution in [0, 0.1) is 0 Å². The molecule has 0 radical (unpaired) electrons. The second-order valence-electron chi connectivity index (χ2n) is 7.18. The summed E-state index contributed by atoms with van der Waals surface area (Å²) in [6, 6.07) is 22.7. The van der Waals surface area contributed by atoms with Gasteiger partial charge in [0.15, 0.2) is 12.4 Å².